The molecule has 1 nitrogen and oxygen atoms in total. The zero-order chi connectivity index (χ0) is 15.6. The van der Waals surface area contributed by atoms with Gasteiger partial charge in [0.15, 0.2) is 0 Å². The van der Waals surface area contributed by atoms with E-state index < -0.39 is 0 Å². The Balaban J connectivity index is 1.60. The van der Waals surface area contributed by atoms with Crippen LogP contribution in [0.25, 0.3) is 11.1 Å². The highest BCUT2D eigenvalue weighted by Gasteiger charge is 2.23. The number of likely N-dealkylation sites (N-methyl/N-ethyl adjacent to an activating group) is 1. The van der Waals surface area contributed by atoms with Gasteiger partial charge in [-0.15, -0.1) is 11.8 Å². The third kappa shape index (κ3) is 2.87. The smallest absolute Gasteiger partial charge is 0.0520 e. The van der Waals surface area contributed by atoms with E-state index in [1.54, 1.807) is 0 Å². The molecule has 0 aromatic heterocycles. The van der Waals surface area contributed by atoms with Crippen molar-refractivity contribution in [1.29, 1.82) is 0 Å². The second-order valence-corrected chi connectivity index (χ2v) is 7.19. The Kier molecular flexibility index (Phi) is 3.84. The topological polar surface area (TPSA) is 3.24 Å². The van der Waals surface area contributed by atoms with Crippen molar-refractivity contribution in [1.82, 2.24) is 0 Å². The molecular weight excluding hydrogens is 298 g/mol. The van der Waals surface area contributed by atoms with Crippen LogP contribution in [0.4, 0.5) is 5.69 Å². The number of rotatable bonds is 2. The lowest BCUT2D eigenvalue weighted by Crippen LogP contribution is -2.26. The van der Waals surface area contributed by atoms with Gasteiger partial charge in [-0.1, -0.05) is 66.7 Å². The molecule has 3 aromatic rings. The first kappa shape index (κ1) is 14.4. The van der Waals surface area contributed by atoms with E-state index in [4.69, 9.17) is 0 Å². The SMILES string of the molecule is CN1CC(c2ccc(-c3ccccc3)cc2)Sc2ccccc21. The molecule has 1 unspecified atom stereocenters. The fourth-order valence-electron chi connectivity index (χ4n) is 3.10. The molecule has 3 aromatic carbocycles. The molecule has 0 aliphatic carbocycles. The maximum Gasteiger partial charge on any atom is 0.0520 e. The molecule has 0 bridgehead atoms. The monoisotopic (exact) mass is 317 g/mol. The van der Waals surface area contributed by atoms with Crippen LogP contribution in [0.3, 0.4) is 0 Å². The lowest BCUT2D eigenvalue weighted by atomic mass is 10.0. The van der Waals surface area contributed by atoms with E-state index >= 15 is 0 Å². The summed E-state index contributed by atoms with van der Waals surface area (Å²) in [7, 11) is 2.18. The number of hydrogen-bond donors (Lipinski definition) is 0. The number of fused-ring (bicyclic) bond motifs is 1. The highest BCUT2D eigenvalue weighted by molar-refractivity contribution is 7.99. The lowest BCUT2D eigenvalue weighted by molar-refractivity contribution is 0.833. The summed E-state index contributed by atoms with van der Waals surface area (Å²) in [5, 5.41) is 0.486. The van der Waals surface area contributed by atoms with Gasteiger partial charge < -0.3 is 4.90 Å². The highest BCUT2D eigenvalue weighted by atomic mass is 32.2. The molecule has 1 aliphatic rings. The minimum absolute atomic E-state index is 0.486. The third-order valence-corrected chi connectivity index (χ3v) is 5.68. The standard InChI is InChI=1S/C21H19NS/c1-22-15-21(23-20-10-6-5-9-19(20)22)18-13-11-17(12-14-18)16-7-3-2-4-8-16/h2-14,21H,15H2,1H3. The summed E-state index contributed by atoms with van der Waals surface area (Å²) in [6.07, 6.45) is 0. The number of hydrogen-bond acceptors (Lipinski definition) is 2. The summed E-state index contributed by atoms with van der Waals surface area (Å²) in [6, 6.07) is 28.3. The van der Waals surface area contributed by atoms with Crippen molar-refractivity contribution < 1.29 is 0 Å². The van der Waals surface area contributed by atoms with E-state index in [-0.39, 0.29) is 0 Å². The largest absolute Gasteiger partial charge is 0.372 e. The number of benzene rings is 3. The van der Waals surface area contributed by atoms with Gasteiger partial charge in [0.05, 0.1) is 10.9 Å². The highest BCUT2D eigenvalue weighted by Crippen LogP contribution is 2.45. The van der Waals surface area contributed by atoms with Crippen molar-refractivity contribution in [2.24, 2.45) is 0 Å². The molecule has 0 saturated heterocycles. The summed E-state index contributed by atoms with van der Waals surface area (Å²) in [4.78, 5) is 3.74. The second-order valence-electron chi connectivity index (χ2n) is 5.94. The molecule has 114 valence electrons. The Labute approximate surface area is 142 Å². The zero-order valence-electron chi connectivity index (χ0n) is 13.1. The zero-order valence-corrected chi connectivity index (χ0v) is 14.0. The van der Waals surface area contributed by atoms with Crippen LogP contribution >= 0.6 is 11.8 Å². The first-order chi connectivity index (χ1) is 11.3. The van der Waals surface area contributed by atoms with Gasteiger partial charge in [-0.3, -0.25) is 0 Å². The van der Waals surface area contributed by atoms with Crippen LogP contribution in [0, 0.1) is 0 Å². The molecule has 0 amide bonds. The van der Waals surface area contributed by atoms with Crippen LogP contribution in [-0.2, 0) is 0 Å². The average Bonchev–Trinajstić information content (AvgIpc) is 2.63. The van der Waals surface area contributed by atoms with Crippen molar-refractivity contribution in [2.45, 2.75) is 10.1 Å². The van der Waals surface area contributed by atoms with Crippen molar-refractivity contribution in [3.63, 3.8) is 0 Å². The van der Waals surface area contributed by atoms with Crippen molar-refractivity contribution in [3.05, 3.63) is 84.4 Å². The minimum atomic E-state index is 0.486. The second kappa shape index (κ2) is 6.13. The Bertz CT molecular complexity index is 796. The van der Waals surface area contributed by atoms with Gasteiger partial charge in [-0.2, -0.15) is 0 Å². The Morgan fingerprint density at radius 2 is 1.43 bits per heavy atom. The van der Waals surface area contributed by atoms with Gasteiger partial charge >= 0.3 is 0 Å². The first-order valence-electron chi connectivity index (χ1n) is 7.93. The molecule has 0 radical (unpaired) electrons. The molecule has 4 rings (SSSR count). The average molecular weight is 317 g/mol. The van der Waals surface area contributed by atoms with E-state index in [0.29, 0.717) is 5.25 Å². The molecule has 1 aliphatic heterocycles. The summed E-state index contributed by atoms with van der Waals surface area (Å²) in [5.41, 5.74) is 5.30. The summed E-state index contributed by atoms with van der Waals surface area (Å²) >= 11 is 1.97. The molecule has 0 spiro atoms. The fraction of sp³-hybridized carbons (Fsp3) is 0.143. The van der Waals surface area contributed by atoms with E-state index in [2.05, 4.69) is 90.8 Å². The summed E-state index contributed by atoms with van der Waals surface area (Å²) < 4.78 is 0. The molecule has 23 heavy (non-hydrogen) atoms. The van der Waals surface area contributed by atoms with Gasteiger partial charge in [0, 0.05) is 18.5 Å². The number of anilines is 1. The summed E-state index contributed by atoms with van der Waals surface area (Å²) in [5.74, 6) is 0. The van der Waals surface area contributed by atoms with Crippen molar-refractivity contribution in [2.75, 3.05) is 18.5 Å². The molecule has 0 N–H and O–H groups in total. The molecule has 0 fully saturated rings. The minimum Gasteiger partial charge on any atom is -0.372 e. The van der Waals surface area contributed by atoms with Crippen LogP contribution in [0.2, 0.25) is 0 Å². The van der Waals surface area contributed by atoms with Crippen molar-refractivity contribution in [3.8, 4) is 11.1 Å². The number of para-hydroxylation sites is 1. The van der Waals surface area contributed by atoms with E-state index in [1.165, 1.54) is 27.3 Å². The predicted octanol–water partition coefficient (Wildman–Crippen LogP) is 5.64. The van der Waals surface area contributed by atoms with Crippen LogP contribution in [0.5, 0.6) is 0 Å². The summed E-state index contributed by atoms with van der Waals surface area (Å²) in [6.45, 7) is 1.05. The number of thioether (sulfide) groups is 1. The maximum atomic E-state index is 2.36. The molecular formula is C21H19NS. The molecule has 1 atom stereocenters. The lowest BCUT2D eigenvalue weighted by Gasteiger charge is -2.33. The van der Waals surface area contributed by atoms with E-state index in [9.17, 15) is 0 Å². The van der Waals surface area contributed by atoms with Crippen LogP contribution in [0.1, 0.15) is 10.8 Å². The Morgan fingerprint density at radius 1 is 0.783 bits per heavy atom. The van der Waals surface area contributed by atoms with E-state index in [0.717, 1.165) is 6.54 Å². The quantitative estimate of drug-likeness (QED) is 0.602. The third-order valence-electron chi connectivity index (χ3n) is 4.38. The predicted molar refractivity (Wildman–Crippen MR) is 100 cm³/mol. The van der Waals surface area contributed by atoms with Gasteiger partial charge in [-0.25, -0.2) is 0 Å². The van der Waals surface area contributed by atoms with Gasteiger partial charge in [0.25, 0.3) is 0 Å². The van der Waals surface area contributed by atoms with Crippen molar-refractivity contribution >= 4 is 17.4 Å². The molecule has 2 heteroatoms. The Morgan fingerprint density at radius 3 is 2.22 bits per heavy atom. The maximum absolute atomic E-state index is 2.36. The first-order valence-corrected chi connectivity index (χ1v) is 8.81. The van der Waals surface area contributed by atoms with Crippen LogP contribution < -0.4 is 4.90 Å². The van der Waals surface area contributed by atoms with Crippen LogP contribution in [0.15, 0.2) is 83.8 Å². The molecule has 0 saturated carbocycles. The van der Waals surface area contributed by atoms with Gasteiger partial charge in [-0.05, 0) is 28.8 Å². The Hall–Kier alpha value is -2.19. The normalized spacial score (nSPS) is 16.9. The van der Waals surface area contributed by atoms with E-state index in [1.807, 2.05) is 11.8 Å². The number of nitrogens with zero attached hydrogens (tertiary/aromatic N) is 1. The van der Waals surface area contributed by atoms with Gasteiger partial charge in [0.2, 0.25) is 0 Å². The fourth-order valence-corrected chi connectivity index (χ4v) is 4.50. The molecule has 1 heterocycles. The van der Waals surface area contributed by atoms with Crippen LogP contribution in [-0.4, -0.2) is 13.6 Å². The van der Waals surface area contributed by atoms with Gasteiger partial charge in [0.1, 0.15) is 0 Å².